The van der Waals surface area contributed by atoms with E-state index in [0.29, 0.717) is 15.7 Å². The molecule has 0 atom stereocenters. The molecule has 0 aromatic carbocycles. The molecule has 1 saturated heterocycles. The highest BCUT2D eigenvalue weighted by molar-refractivity contribution is 8.03. The average molecular weight is 470 g/mol. The third-order valence-corrected chi connectivity index (χ3v) is 6.76. The van der Waals surface area contributed by atoms with Gasteiger partial charge in [-0.2, -0.15) is 16.8 Å². The molecule has 28 heavy (non-hydrogen) atoms. The van der Waals surface area contributed by atoms with Crippen LogP contribution in [-0.2, 0) is 29.8 Å². The smallest absolute Gasteiger partial charge is 0.299 e. The number of hydrogen-bond donors (Lipinski definition) is 3. The molecule has 1 aromatic heterocycles. The Kier molecular flexibility index (Phi) is 5.75. The number of aromatic amines is 1. The van der Waals surface area contributed by atoms with E-state index in [2.05, 4.69) is 4.98 Å². The van der Waals surface area contributed by atoms with Crippen LogP contribution in [0.15, 0.2) is 28.1 Å². The van der Waals surface area contributed by atoms with E-state index in [9.17, 15) is 21.6 Å². The second-order valence-corrected chi connectivity index (χ2v) is 10.3. The van der Waals surface area contributed by atoms with Crippen LogP contribution in [0.25, 0.3) is 0 Å². The van der Waals surface area contributed by atoms with Crippen molar-refractivity contribution in [2.24, 2.45) is 0 Å². The number of amides is 1. The summed E-state index contributed by atoms with van der Waals surface area (Å²) in [6.45, 7) is -0.198. The molecule has 0 spiro atoms. The lowest BCUT2D eigenvalue weighted by Crippen LogP contribution is -2.33. The van der Waals surface area contributed by atoms with Crippen LogP contribution in [0, 0.1) is 0 Å². The minimum Gasteiger partial charge on any atom is -0.423 e. The van der Waals surface area contributed by atoms with Crippen molar-refractivity contribution < 1.29 is 35.5 Å². The van der Waals surface area contributed by atoms with E-state index in [0.717, 1.165) is 4.90 Å². The molecule has 2 aliphatic rings. The number of nitrogens with one attached hydrogen (secondary N) is 1. The number of rotatable bonds is 7. The lowest BCUT2D eigenvalue weighted by Gasteiger charge is -2.19. The third kappa shape index (κ3) is 4.66. The Balaban J connectivity index is 1.85. The van der Waals surface area contributed by atoms with Crippen LogP contribution < -0.4 is 4.90 Å². The van der Waals surface area contributed by atoms with Gasteiger partial charge in [0.1, 0.15) is 10.1 Å². The highest BCUT2D eigenvalue weighted by Crippen LogP contribution is 2.47. The van der Waals surface area contributed by atoms with Gasteiger partial charge in [-0.3, -0.25) is 18.8 Å². The highest BCUT2D eigenvalue weighted by Gasteiger charge is 2.41. The molecule has 154 valence electrons. The summed E-state index contributed by atoms with van der Waals surface area (Å²) in [5, 5.41) is 0.817. The summed E-state index contributed by atoms with van der Waals surface area (Å²) in [4.78, 5) is 18.2. The summed E-state index contributed by atoms with van der Waals surface area (Å²) in [6, 6.07) is 1.73. The van der Waals surface area contributed by atoms with Gasteiger partial charge in [0, 0.05) is 19.3 Å². The van der Waals surface area contributed by atoms with Crippen molar-refractivity contribution in [3.05, 3.63) is 23.1 Å². The normalized spacial score (nSPS) is 20.1. The van der Waals surface area contributed by atoms with E-state index >= 15 is 0 Å². The van der Waals surface area contributed by atoms with Crippen molar-refractivity contribution in [1.29, 1.82) is 0 Å². The van der Waals surface area contributed by atoms with Crippen molar-refractivity contribution in [2.75, 3.05) is 29.5 Å². The van der Waals surface area contributed by atoms with E-state index in [1.165, 1.54) is 11.8 Å². The van der Waals surface area contributed by atoms with Gasteiger partial charge in [0.2, 0.25) is 5.76 Å². The van der Waals surface area contributed by atoms with E-state index in [1.807, 2.05) is 0 Å². The second kappa shape index (κ2) is 7.64. The largest absolute Gasteiger partial charge is 0.423 e. The van der Waals surface area contributed by atoms with Crippen LogP contribution in [-0.4, -0.2) is 71.5 Å². The number of thioether (sulfide) groups is 1. The number of hydrogen-bond acceptors (Lipinski definition) is 9. The Morgan fingerprint density at radius 3 is 2.43 bits per heavy atom. The molecule has 0 radical (unpaired) electrons. The minimum atomic E-state index is -4.29. The second-order valence-electron chi connectivity index (χ2n) is 5.83. The van der Waals surface area contributed by atoms with Crippen LogP contribution >= 0.6 is 24.0 Å². The molecule has 3 heterocycles. The molecule has 3 rings (SSSR count). The summed E-state index contributed by atoms with van der Waals surface area (Å²) in [5.41, 5.74) is 0.696. The maximum Gasteiger partial charge on any atom is 0.299 e. The molecule has 0 aliphatic carbocycles. The number of thiocarbonyl (C=S) groups is 1. The van der Waals surface area contributed by atoms with Gasteiger partial charge in [0.15, 0.2) is 0 Å². The quantitative estimate of drug-likeness (QED) is 0.288. The van der Waals surface area contributed by atoms with Gasteiger partial charge >= 0.3 is 0 Å². The zero-order chi connectivity index (χ0) is 20.7. The lowest BCUT2D eigenvalue weighted by atomic mass is 10.3. The Bertz CT molecular complexity index is 1060. The Morgan fingerprint density at radius 2 is 1.79 bits per heavy atom. The Hall–Kier alpha value is -1.65. The van der Waals surface area contributed by atoms with Crippen molar-refractivity contribution in [2.45, 2.75) is 11.4 Å². The zero-order valence-corrected chi connectivity index (χ0v) is 17.3. The summed E-state index contributed by atoms with van der Waals surface area (Å²) in [6.07, 6.45) is 1.77. The first kappa shape index (κ1) is 21.1. The molecule has 0 saturated carbocycles. The number of carbonyl (C=O) groups is 1. The molecule has 1 amide bonds. The number of ether oxygens (including phenoxy) is 1. The summed E-state index contributed by atoms with van der Waals surface area (Å²) in [7, 11) is -8.42. The number of fused-ring (bicyclic) bond motifs is 1. The first-order valence-corrected chi connectivity index (χ1v) is 12.2. The van der Waals surface area contributed by atoms with Gasteiger partial charge in [-0.05, 0) is 36.5 Å². The van der Waals surface area contributed by atoms with Gasteiger partial charge in [0.25, 0.3) is 31.3 Å². The number of aromatic nitrogens is 1. The Labute approximate surface area is 170 Å². The van der Waals surface area contributed by atoms with Crippen molar-refractivity contribution >= 4 is 61.0 Å². The van der Waals surface area contributed by atoms with E-state index in [-0.39, 0.29) is 30.4 Å². The molecule has 2 aliphatic heterocycles. The molecule has 11 nitrogen and oxygen atoms in total. The molecule has 1 aromatic rings. The molecule has 15 heteroatoms. The van der Waals surface area contributed by atoms with Gasteiger partial charge in [0.05, 0.1) is 17.2 Å². The summed E-state index contributed by atoms with van der Waals surface area (Å²) >= 11 is 6.16. The fraction of sp³-hybridized carbons (Fsp3) is 0.385. The predicted octanol–water partition coefficient (Wildman–Crippen LogP) is 0.405. The van der Waals surface area contributed by atoms with Crippen LogP contribution in [0.4, 0.5) is 5.69 Å². The van der Waals surface area contributed by atoms with Crippen molar-refractivity contribution in [3.63, 3.8) is 0 Å². The van der Waals surface area contributed by atoms with Crippen LogP contribution in [0.3, 0.4) is 0 Å². The molecule has 3 N–H and O–H groups in total. The maximum absolute atomic E-state index is 12.7. The lowest BCUT2D eigenvalue weighted by molar-refractivity contribution is -0.122. The average Bonchev–Trinajstić information content (AvgIpc) is 3.19. The number of H-pyrrole nitrogens is 1. The molecule has 0 unspecified atom stereocenters. The van der Waals surface area contributed by atoms with Crippen LogP contribution in [0.1, 0.15) is 6.42 Å². The summed E-state index contributed by atoms with van der Waals surface area (Å²) in [5.74, 6) is -1.94. The van der Waals surface area contributed by atoms with E-state index in [1.54, 1.807) is 17.2 Å². The predicted molar refractivity (Wildman–Crippen MR) is 104 cm³/mol. The van der Waals surface area contributed by atoms with Crippen molar-refractivity contribution in [1.82, 2.24) is 9.88 Å². The van der Waals surface area contributed by atoms with Gasteiger partial charge in [-0.25, -0.2) is 0 Å². The first-order chi connectivity index (χ1) is 13.0. The van der Waals surface area contributed by atoms with E-state index < -0.39 is 37.6 Å². The minimum absolute atomic E-state index is 0.0892. The van der Waals surface area contributed by atoms with Crippen LogP contribution in [0.5, 0.6) is 0 Å². The fourth-order valence-corrected chi connectivity index (χ4v) is 4.91. The van der Waals surface area contributed by atoms with Gasteiger partial charge < -0.3 is 14.6 Å². The first-order valence-electron chi connectivity index (χ1n) is 7.77. The molecular formula is C13H15N3O8S4. The Morgan fingerprint density at radius 1 is 1.11 bits per heavy atom. The molecular weight excluding hydrogens is 454 g/mol. The monoisotopic (exact) mass is 469 g/mol. The number of anilines is 1. The summed E-state index contributed by atoms with van der Waals surface area (Å²) < 4.78 is 67.0. The molecule has 1 fully saturated rings. The number of nitrogens with zero attached hydrogens (tertiary/aromatic N) is 2. The van der Waals surface area contributed by atoms with Gasteiger partial charge in [-0.1, -0.05) is 0 Å². The standard InChI is InChI=1S/C13H15N3O8S4/c17-11-9(24-13(25)16(11)5-7-28(21,22)23)12-15(4-1-6-27(18,19)20)8-2-3-14-10(8)26-12/h2-3,14H,1,4-7H2,(H,18,19,20)(H,21,22,23). The highest BCUT2D eigenvalue weighted by atomic mass is 32.2. The maximum atomic E-state index is 12.7. The topological polar surface area (TPSA) is 157 Å². The van der Waals surface area contributed by atoms with Gasteiger partial charge in [-0.15, -0.1) is 0 Å². The molecule has 0 bridgehead atoms. The fourth-order valence-electron chi connectivity index (χ4n) is 2.62. The van der Waals surface area contributed by atoms with Crippen molar-refractivity contribution in [3.8, 4) is 0 Å². The zero-order valence-electron chi connectivity index (χ0n) is 14.1. The van der Waals surface area contributed by atoms with Crippen LogP contribution in [0.2, 0.25) is 0 Å². The van der Waals surface area contributed by atoms with E-state index in [4.69, 9.17) is 26.1 Å². The SMILES string of the molecule is O=C1C(=C2Sc3[nH]ccc3N2CCCS(=O)(=O)O)OC(=S)N1CCS(=O)(=O)O. The number of carbonyl (C=O) groups excluding carboxylic acids is 1. The third-order valence-electron chi connectivity index (χ3n) is 3.82.